The van der Waals surface area contributed by atoms with Crippen LogP contribution in [0.25, 0.3) is 0 Å². The summed E-state index contributed by atoms with van der Waals surface area (Å²) in [4.78, 5) is 16.7. The van der Waals surface area contributed by atoms with Crippen molar-refractivity contribution in [3.8, 4) is 0 Å². The molecule has 3 rings (SSSR count). The average molecular weight is 345 g/mol. The fourth-order valence-corrected chi connectivity index (χ4v) is 2.74. The number of anilines is 2. The molecule has 0 fully saturated rings. The molecule has 3 aromatic rings. The highest BCUT2D eigenvalue weighted by Gasteiger charge is 2.10. The maximum Gasteiger partial charge on any atom is 0.274 e. The van der Waals surface area contributed by atoms with Gasteiger partial charge in [-0.1, -0.05) is 49.4 Å². The third-order valence-electron chi connectivity index (χ3n) is 4.30. The fourth-order valence-electron chi connectivity index (χ4n) is 2.74. The Morgan fingerprint density at radius 1 is 1.00 bits per heavy atom. The summed E-state index contributed by atoms with van der Waals surface area (Å²) in [7, 11) is 0. The molecule has 26 heavy (non-hydrogen) atoms. The third kappa shape index (κ3) is 4.48. The molecule has 0 bridgehead atoms. The number of amides is 1. The minimum Gasteiger partial charge on any atom is -0.378 e. The zero-order valence-electron chi connectivity index (χ0n) is 15.1. The molecule has 1 heterocycles. The zero-order valence-corrected chi connectivity index (χ0v) is 15.1. The molecule has 0 saturated heterocycles. The number of benzene rings is 2. The molecule has 0 radical (unpaired) electrons. The highest BCUT2D eigenvalue weighted by Crippen LogP contribution is 2.19. The predicted octanol–water partition coefficient (Wildman–Crippen LogP) is 5.07. The normalized spacial score (nSPS) is 11.6. The van der Waals surface area contributed by atoms with Crippen LogP contribution in [0.4, 0.5) is 11.4 Å². The lowest BCUT2D eigenvalue weighted by molar-refractivity contribution is 0.102. The lowest BCUT2D eigenvalue weighted by Crippen LogP contribution is -2.14. The highest BCUT2D eigenvalue weighted by molar-refractivity contribution is 6.03. The number of nitrogens with zero attached hydrogens (tertiary/aromatic N) is 1. The second-order valence-electron chi connectivity index (χ2n) is 6.21. The van der Waals surface area contributed by atoms with Gasteiger partial charge < -0.3 is 10.6 Å². The number of carbonyl (C=O) groups excluding carboxylic acids is 1. The number of hydrogen-bond acceptors (Lipinski definition) is 3. The van der Waals surface area contributed by atoms with Gasteiger partial charge in [-0.15, -0.1) is 0 Å². The summed E-state index contributed by atoms with van der Waals surface area (Å²) in [6.45, 7) is 4.19. The molecule has 1 aromatic heterocycles. The highest BCUT2D eigenvalue weighted by atomic mass is 16.1. The maximum absolute atomic E-state index is 12.5. The van der Waals surface area contributed by atoms with Crippen LogP contribution in [0.2, 0.25) is 0 Å². The molecule has 2 N–H and O–H groups in total. The minimum atomic E-state index is -0.217. The van der Waals surface area contributed by atoms with E-state index >= 15 is 0 Å². The van der Waals surface area contributed by atoms with Crippen LogP contribution in [0.5, 0.6) is 0 Å². The first-order chi connectivity index (χ1) is 12.7. The van der Waals surface area contributed by atoms with Crippen molar-refractivity contribution in [1.82, 2.24) is 4.98 Å². The lowest BCUT2D eigenvalue weighted by atomic mass is 10.1. The number of carbonyl (C=O) groups is 1. The van der Waals surface area contributed by atoms with Crippen molar-refractivity contribution in [2.75, 3.05) is 10.6 Å². The molecular weight excluding hydrogens is 322 g/mol. The second kappa shape index (κ2) is 8.30. The smallest absolute Gasteiger partial charge is 0.274 e. The molecule has 1 unspecified atom stereocenters. The molecule has 0 saturated carbocycles. The number of aromatic nitrogens is 1. The topological polar surface area (TPSA) is 54.0 Å². The number of nitrogens with one attached hydrogen (secondary N) is 2. The Balaban J connectivity index is 1.68. The maximum atomic E-state index is 12.5. The summed E-state index contributed by atoms with van der Waals surface area (Å²) < 4.78 is 0. The van der Waals surface area contributed by atoms with Crippen molar-refractivity contribution in [2.24, 2.45) is 0 Å². The van der Waals surface area contributed by atoms with Gasteiger partial charge in [0.05, 0.1) is 0 Å². The minimum absolute atomic E-state index is 0.135. The SMILES string of the molecule is CCc1ccc(NC(=O)c2cc(NC(C)c3ccccc3)ccn2)cc1. The van der Waals surface area contributed by atoms with E-state index in [0.29, 0.717) is 5.69 Å². The number of pyridine rings is 1. The predicted molar refractivity (Wildman–Crippen MR) is 106 cm³/mol. The summed E-state index contributed by atoms with van der Waals surface area (Å²) in [5, 5.41) is 6.30. The van der Waals surface area contributed by atoms with Crippen LogP contribution in [-0.2, 0) is 6.42 Å². The van der Waals surface area contributed by atoms with Gasteiger partial charge in [-0.05, 0) is 48.7 Å². The van der Waals surface area contributed by atoms with Gasteiger partial charge in [0.1, 0.15) is 5.69 Å². The summed E-state index contributed by atoms with van der Waals surface area (Å²) in [6.07, 6.45) is 2.62. The summed E-state index contributed by atoms with van der Waals surface area (Å²) in [6, 6.07) is 21.8. The molecule has 1 atom stereocenters. The van der Waals surface area contributed by atoms with Gasteiger partial charge in [0.15, 0.2) is 0 Å². The molecule has 0 aliphatic heterocycles. The van der Waals surface area contributed by atoms with Gasteiger partial charge in [-0.25, -0.2) is 0 Å². The van der Waals surface area contributed by atoms with Crippen LogP contribution >= 0.6 is 0 Å². The number of rotatable bonds is 6. The zero-order chi connectivity index (χ0) is 18.4. The van der Waals surface area contributed by atoms with Crippen LogP contribution in [0.1, 0.15) is 41.5 Å². The summed E-state index contributed by atoms with van der Waals surface area (Å²) >= 11 is 0. The molecule has 132 valence electrons. The third-order valence-corrected chi connectivity index (χ3v) is 4.30. The standard InChI is InChI=1S/C22H23N3O/c1-3-17-9-11-19(12-10-17)25-22(26)21-15-20(13-14-23-21)24-16(2)18-7-5-4-6-8-18/h4-16H,3H2,1-2H3,(H,23,24)(H,25,26). The van der Waals surface area contributed by atoms with Crippen LogP contribution in [0, 0.1) is 0 Å². The van der Waals surface area contributed by atoms with Crippen LogP contribution in [-0.4, -0.2) is 10.9 Å². The van der Waals surface area contributed by atoms with Gasteiger partial charge >= 0.3 is 0 Å². The largest absolute Gasteiger partial charge is 0.378 e. The molecule has 0 spiro atoms. The van der Waals surface area contributed by atoms with E-state index in [9.17, 15) is 4.79 Å². The van der Waals surface area contributed by atoms with Gasteiger partial charge in [-0.2, -0.15) is 0 Å². The Morgan fingerprint density at radius 3 is 2.42 bits per heavy atom. The van der Waals surface area contributed by atoms with Crippen molar-refractivity contribution >= 4 is 17.3 Å². The van der Waals surface area contributed by atoms with E-state index in [-0.39, 0.29) is 11.9 Å². The Bertz CT molecular complexity index is 860. The molecule has 2 aromatic carbocycles. The Morgan fingerprint density at radius 2 is 1.73 bits per heavy atom. The number of hydrogen-bond donors (Lipinski definition) is 2. The Labute approximate surface area is 154 Å². The molecule has 1 amide bonds. The Hall–Kier alpha value is -3.14. The van der Waals surface area contributed by atoms with Crippen LogP contribution < -0.4 is 10.6 Å². The van der Waals surface area contributed by atoms with Gasteiger partial charge in [-0.3, -0.25) is 9.78 Å². The van der Waals surface area contributed by atoms with E-state index in [4.69, 9.17) is 0 Å². The first-order valence-corrected chi connectivity index (χ1v) is 8.83. The molecule has 4 nitrogen and oxygen atoms in total. The summed E-state index contributed by atoms with van der Waals surface area (Å²) in [5.41, 5.74) is 4.44. The van der Waals surface area contributed by atoms with E-state index in [1.165, 1.54) is 11.1 Å². The average Bonchev–Trinajstić information content (AvgIpc) is 2.69. The van der Waals surface area contributed by atoms with Crippen molar-refractivity contribution in [1.29, 1.82) is 0 Å². The summed E-state index contributed by atoms with van der Waals surface area (Å²) in [5.74, 6) is -0.217. The molecule has 4 heteroatoms. The van der Waals surface area contributed by atoms with Crippen molar-refractivity contribution in [3.05, 3.63) is 89.7 Å². The molecular formula is C22H23N3O. The van der Waals surface area contributed by atoms with E-state index in [1.54, 1.807) is 12.3 Å². The van der Waals surface area contributed by atoms with Crippen molar-refractivity contribution < 1.29 is 4.79 Å². The van der Waals surface area contributed by atoms with E-state index < -0.39 is 0 Å². The van der Waals surface area contributed by atoms with Gasteiger partial charge in [0, 0.05) is 23.6 Å². The Kier molecular flexibility index (Phi) is 5.64. The molecule has 0 aliphatic rings. The first kappa shape index (κ1) is 17.7. The van der Waals surface area contributed by atoms with E-state index in [1.807, 2.05) is 48.5 Å². The van der Waals surface area contributed by atoms with Crippen molar-refractivity contribution in [3.63, 3.8) is 0 Å². The van der Waals surface area contributed by atoms with Crippen LogP contribution in [0.3, 0.4) is 0 Å². The number of aryl methyl sites for hydroxylation is 1. The quantitative estimate of drug-likeness (QED) is 0.656. The molecule has 0 aliphatic carbocycles. The second-order valence-corrected chi connectivity index (χ2v) is 6.21. The van der Waals surface area contributed by atoms with Crippen LogP contribution in [0.15, 0.2) is 72.9 Å². The fraction of sp³-hybridized carbons (Fsp3) is 0.182. The van der Waals surface area contributed by atoms with Crippen molar-refractivity contribution in [2.45, 2.75) is 26.3 Å². The van der Waals surface area contributed by atoms with E-state index in [0.717, 1.165) is 17.8 Å². The van der Waals surface area contributed by atoms with Gasteiger partial charge in [0.2, 0.25) is 0 Å². The van der Waals surface area contributed by atoms with E-state index in [2.05, 4.69) is 41.6 Å². The first-order valence-electron chi connectivity index (χ1n) is 8.83. The lowest BCUT2D eigenvalue weighted by Gasteiger charge is -2.16. The van der Waals surface area contributed by atoms with Gasteiger partial charge in [0.25, 0.3) is 5.91 Å². The monoisotopic (exact) mass is 345 g/mol.